The number of nitrogens with zero attached hydrogens (tertiary/aromatic N) is 2. The zero-order valence-corrected chi connectivity index (χ0v) is 17.8. The van der Waals surface area contributed by atoms with E-state index in [-0.39, 0.29) is 18.4 Å². The molecule has 8 heteroatoms. The first-order valence-electron chi connectivity index (χ1n) is 10.1. The van der Waals surface area contributed by atoms with Gasteiger partial charge in [0.1, 0.15) is 17.2 Å². The van der Waals surface area contributed by atoms with Crippen LogP contribution >= 0.6 is 0 Å². The van der Waals surface area contributed by atoms with Gasteiger partial charge in [0.2, 0.25) is 0 Å². The first-order valence-corrected chi connectivity index (χ1v) is 10.1. The van der Waals surface area contributed by atoms with Crippen molar-refractivity contribution in [2.45, 2.75) is 6.04 Å². The Labute approximate surface area is 181 Å². The predicted octanol–water partition coefficient (Wildman–Crippen LogP) is 2.59. The molecule has 2 aromatic rings. The summed E-state index contributed by atoms with van der Waals surface area (Å²) >= 11 is 0. The Bertz CT molecular complexity index is 855. The van der Waals surface area contributed by atoms with Gasteiger partial charge >= 0.3 is 0 Å². The van der Waals surface area contributed by atoms with Gasteiger partial charge in [-0.3, -0.25) is 14.5 Å². The largest absolute Gasteiger partial charge is 0.497 e. The molecule has 166 valence electrons. The number of ether oxygens (including phenoxy) is 3. The minimum absolute atomic E-state index is 0.0724. The Morgan fingerprint density at radius 1 is 1.00 bits per heavy atom. The fourth-order valence-electron chi connectivity index (χ4n) is 3.84. The molecule has 0 aliphatic carbocycles. The quantitative estimate of drug-likeness (QED) is 0.749. The van der Waals surface area contributed by atoms with Crippen LogP contribution < -0.4 is 9.47 Å². The number of methoxy groups -OCH3 is 1. The normalized spacial score (nSPS) is 20.6. The van der Waals surface area contributed by atoms with Gasteiger partial charge in [0.05, 0.1) is 26.4 Å². The first-order chi connectivity index (χ1) is 15.0. The number of hydrogen-bond donors (Lipinski definition) is 1. The molecular weight excluding hydrogens is 400 g/mol. The summed E-state index contributed by atoms with van der Waals surface area (Å²) in [5.74, 6) is 2.64. The summed E-state index contributed by atoms with van der Waals surface area (Å²) in [6.45, 7) is 3.58. The monoisotopic (exact) mass is 428 g/mol. The standard InChI is InChI=1S/C22H26N2O4.CH2O2/c1-23-11-16-12-24(13-18(23)15-27-14-16)22(25)17-3-5-20(6-4-17)28-21-9-7-19(26-2)8-10-21;2-1-3/h3-10,16,18H,11-15H2,1-2H3;1H,(H,2,3)/t16-,18+;/m1./s1. The third-order valence-electron chi connectivity index (χ3n) is 5.43. The third kappa shape index (κ3) is 5.96. The number of carbonyl (C=O) groups excluding carboxylic acids is 1. The lowest BCUT2D eigenvalue weighted by Crippen LogP contribution is -2.44. The minimum atomic E-state index is -0.250. The van der Waals surface area contributed by atoms with Crippen molar-refractivity contribution in [2.24, 2.45) is 5.92 Å². The van der Waals surface area contributed by atoms with Gasteiger partial charge in [0, 0.05) is 31.1 Å². The van der Waals surface area contributed by atoms with Crippen molar-refractivity contribution in [1.29, 1.82) is 0 Å². The van der Waals surface area contributed by atoms with E-state index < -0.39 is 0 Å². The third-order valence-corrected chi connectivity index (χ3v) is 5.43. The highest BCUT2D eigenvalue weighted by Crippen LogP contribution is 2.25. The van der Waals surface area contributed by atoms with Gasteiger partial charge in [0.25, 0.3) is 12.4 Å². The maximum atomic E-state index is 13.0. The lowest BCUT2D eigenvalue weighted by Gasteiger charge is -2.29. The Kier molecular flexibility index (Phi) is 7.86. The highest BCUT2D eigenvalue weighted by molar-refractivity contribution is 5.94. The summed E-state index contributed by atoms with van der Waals surface area (Å²) in [6.07, 6.45) is 0. The summed E-state index contributed by atoms with van der Waals surface area (Å²) in [5.41, 5.74) is 0.686. The van der Waals surface area contributed by atoms with E-state index in [1.807, 2.05) is 53.4 Å². The molecule has 2 saturated heterocycles. The summed E-state index contributed by atoms with van der Waals surface area (Å²) in [4.78, 5) is 25.7. The van der Waals surface area contributed by atoms with Crippen molar-refractivity contribution in [3.8, 4) is 17.2 Å². The molecule has 2 aliphatic rings. The van der Waals surface area contributed by atoms with Crippen molar-refractivity contribution < 1.29 is 28.9 Å². The fraction of sp³-hybridized carbons (Fsp3) is 0.391. The molecule has 0 aromatic heterocycles. The number of hydrogen-bond acceptors (Lipinski definition) is 6. The summed E-state index contributed by atoms with van der Waals surface area (Å²) < 4.78 is 16.8. The molecule has 0 saturated carbocycles. The molecule has 1 amide bonds. The van der Waals surface area contributed by atoms with Crippen LogP contribution in [0, 0.1) is 5.92 Å². The molecule has 31 heavy (non-hydrogen) atoms. The smallest absolute Gasteiger partial charge is 0.290 e. The number of benzene rings is 2. The van der Waals surface area contributed by atoms with Crippen LogP contribution in [0.1, 0.15) is 10.4 Å². The minimum Gasteiger partial charge on any atom is -0.497 e. The van der Waals surface area contributed by atoms with Gasteiger partial charge in [0.15, 0.2) is 0 Å². The molecule has 0 unspecified atom stereocenters. The molecule has 4 rings (SSSR count). The zero-order valence-electron chi connectivity index (χ0n) is 17.8. The summed E-state index contributed by atoms with van der Waals surface area (Å²) in [5, 5.41) is 6.89. The molecule has 0 radical (unpaired) electrons. The van der Waals surface area contributed by atoms with Gasteiger partial charge in [-0.25, -0.2) is 0 Å². The summed E-state index contributed by atoms with van der Waals surface area (Å²) in [6, 6.07) is 15.0. The number of amides is 1. The van der Waals surface area contributed by atoms with Crippen molar-refractivity contribution in [2.75, 3.05) is 47.0 Å². The number of rotatable bonds is 4. The van der Waals surface area contributed by atoms with Crippen LogP contribution in [-0.4, -0.2) is 80.3 Å². The summed E-state index contributed by atoms with van der Waals surface area (Å²) in [7, 11) is 3.75. The Morgan fingerprint density at radius 3 is 2.19 bits per heavy atom. The van der Waals surface area contributed by atoms with Gasteiger partial charge < -0.3 is 24.2 Å². The number of likely N-dealkylation sites (N-methyl/N-ethyl adjacent to an activating group) is 1. The molecule has 0 spiro atoms. The zero-order chi connectivity index (χ0) is 22.2. The van der Waals surface area contributed by atoms with Crippen molar-refractivity contribution in [3.63, 3.8) is 0 Å². The van der Waals surface area contributed by atoms with E-state index in [1.165, 1.54) is 0 Å². The van der Waals surface area contributed by atoms with Crippen LogP contribution in [-0.2, 0) is 9.53 Å². The van der Waals surface area contributed by atoms with E-state index in [2.05, 4.69) is 11.9 Å². The molecule has 1 N–H and O–H groups in total. The number of fused-ring (bicyclic) bond motifs is 3. The second-order valence-electron chi connectivity index (χ2n) is 7.61. The topological polar surface area (TPSA) is 88.5 Å². The SMILES string of the molecule is COc1ccc(Oc2ccc(C(=O)N3C[C@@H]4COC[C@H](C3)N(C)C4)cc2)cc1.O=CO. The van der Waals surface area contributed by atoms with Gasteiger partial charge in [-0.15, -0.1) is 0 Å². The maximum absolute atomic E-state index is 13.0. The highest BCUT2D eigenvalue weighted by Gasteiger charge is 2.33. The second kappa shape index (κ2) is 10.8. The molecule has 2 bridgehead atoms. The predicted molar refractivity (Wildman–Crippen MR) is 115 cm³/mol. The lowest BCUT2D eigenvalue weighted by atomic mass is 10.1. The van der Waals surface area contributed by atoms with Crippen LogP contribution in [0.4, 0.5) is 0 Å². The average Bonchev–Trinajstić information content (AvgIpc) is 3.03. The molecule has 2 aliphatic heterocycles. The molecule has 2 aromatic carbocycles. The lowest BCUT2D eigenvalue weighted by molar-refractivity contribution is -0.122. The van der Waals surface area contributed by atoms with E-state index in [4.69, 9.17) is 24.1 Å². The number of carboxylic acid groups (broad SMARTS) is 1. The van der Waals surface area contributed by atoms with E-state index in [9.17, 15) is 4.79 Å². The maximum Gasteiger partial charge on any atom is 0.290 e. The van der Waals surface area contributed by atoms with Crippen molar-refractivity contribution in [3.05, 3.63) is 54.1 Å². The van der Waals surface area contributed by atoms with Crippen LogP contribution in [0.25, 0.3) is 0 Å². The molecule has 8 nitrogen and oxygen atoms in total. The Balaban J connectivity index is 0.000000858. The van der Waals surface area contributed by atoms with Gasteiger partial charge in [-0.1, -0.05) is 0 Å². The molecular formula is C23H28N2O6. The van der Waals surface area contributed by atoms with Gasteiger partial charge in [-0.2, -0.15) is 0 Å². The second-order valence-corrected chi connectivity index (χ2v) is 7.61. The average molecular weight is 428 g/mol. The molecule has 2 fully saturated rings. The Hall–Kier alpha value is -3.10. The van der Waals surface area contributed by atoms with E-state index in [0.29, 0.717) is 30.4 Å². The number of carbonyl (C=O) groups is 2. The van der Waals surface area contributed by atoms with Crippen molar-refractivity contribution in [1.82, 2.24) is 9.80 Å². The van der Waals surface area contributed by atoms with Crippen LogP contribution in [0.5, 0.6) is 17.2 Å². The fourth-order valence-corrected chi connectivity index (χ4v) is 3.84. The van der Waals surface area contributed by atoms with E-state index >= 15 is 0 Å². The van der Waals surface area contributed by atoms with Crippen LogP contribution in [0.3, 0.4) is 0 Å². The van der Waals surface area contributed by atoms with E-state index in [0.717, 1.165) is 31.2 Å². The highest BCUT2D eigenvalue weighted by atomic mass is 16.5. The van der Waals surface area contributed by atoms with Crippen LogP contribution in [0.15, 0.2) is 48.5 Å². The van der Waals surface area contributed by atoms with E-state index in [1.54, 1.807) is 7.11 Å². The van der Waals surface area contributed by atoms with Crippen molar-refractivity contribution >= 4 is 12.4 Å². The molecule has 2 atom stereocenters. The van der Waals surface area contributed by atoms with Gasteiger partial charge in [-0.05, 0) is 55.6 Å². The van der Waals surface area contributed by atoms with Crippen LogP contribution in [0.2, 0.25) is 0 Å². The first kappa shape index (κ1) is 22.6. The Morgan fingerprint density at radius 2 is 1.58 bits per heavy atom. The molecule has 2 heterocycles.